The topological polar surface area (TPSA) is 21.6 Å². The first-order valence-electron chi connectivity index (χ1n) is 3.90. The molecule has 0 aromatic heterocycles. The summed E-state index contributed by atoms with van der Waals surface area (Å²) in [6.07, 6.45) is 0. The molecule has 4 heteroatoms. The van der Waals surface area contributed by atoms with Gasteiger partial charge in [0.1, 0.15) is 6.61 Å². The van der Waals surface area contributed by atoms with Gasteiger partial charge in [-0.2, -0.15) is 0 Å². The lowest BCUT2D eigenvalue weighted by molar-refractivity contribution is 0.348. The fourth-order valence-electron chi connectivity index (χ4n) is 1.16. The number of aliphatic imine (C=N–C) groups is 1. The molecule has 1 aromatic carbocycles. The molecule has 2 nitrogen and oxygen atoms in total. The molecule has 0 aliphatic carbocycles. The molecule has 1 aliphatic heterocycles. The molecule has 0 radical (unpaired) electrons. The summed E-state index contributed by atoms with van der Waals surface area (Å²) in [6.45, 7) is 1.34. The maximum Gasteiger partial charge on any atom is 0.217 e. The van der Waals surface area contributed by atoms with Crippen LogP contribution in [0.25, 0.3) is 0 Å². The highest BCUT2D eigenvalue weighted by Crippen LogP contribution is 2.22. The lowest BCUT2D eigenvalue weighted by atomic mass is 10.2. The third kappa shape index (κ3) is 1.79. The van der Waals surface area contributed by atoms with Crippen molar-refractivity contribution in [3.8, 4) is 0 Å². The minimum atomic E-state index is 0.577. The van der Waals surface area contributed by atoms with Crippen molar-refractivity contribution in [3.63, 3.8) is 0 Å². The lowest BCUT2D eigenvalue weighted by Crippen LogP contribution is -2.01. The van der Waals surface area contributed by atoms with Crippen molar-refractivity contribution in [1.82, 2.24) is 0 Å². The van der Waals surface area contributed by atoms with Crippen LogP contribution in [0.2, 0.25) is 10.0 Å². The molecule has 13 heavy (non-hydrogen) atoms. The van der Waals surface area contributed by atoms with Crippen molar-refractivity contribution in [3.05, 3.63) is 33.8 Å². The first-order valence-corrected chi connectivity index (χ1v) is 4.65. The number of hydrogen-bond donors (Lipinski definition) is 0. The predicted octanol–water partition coefficient (Wildman–Crippen LogP) is 2.77. The molecule has 2 rings (SSSR count). The molecule has 0 amide bonds. The maximum absolute atomic E-state index is 5.96. The van der Waals surface area contributed by atoms with E-state index in [4.69, 9.17) is 27.9 Å². The normalized spacial score (nSPS) is 15.4. The summed E-state index contributed by atoms with van der Waals surface area (Å²) >= 11 is 11.7. The smallest absolute Gasteiger partial charge is 0.217 e. The van der Waals surface area contributed by atoms with Crippen molar-refractivity contribution < 1.29 is 4.74 Å². The quantitative estimate of drug-likeness (QED) is 0.707. The van der Waals surface area contributed by atoms with E-state index in [1.165, 1.54) is 0 Å². The average Bonchev–Trinajstić information content (AvgIpc) is 2.56. The van der Waals surface area contributed by atoms with Crippen LogP contribution in [-0.4, -0.2) is 19.0 Å². The first kappa shape index (κ1) is 8.85. The van der Waals surface area contributed by atoms with Gasteiger partial charge in [-0.25, -0.2) is 4.99 Å². The Morgan fingerprint density at radius 2 is 2.15 bits per heavy atom. The number of nitrogens with zero attached hydrogens (tertiary/aromatic N) is 1. The van der Waals surface area contributed by atoms with E-state index in [-0.39, 0.29) is 0 Å². The second-order valence-corrected chi connectivity index (χ2v) is 3.50. The fourth-order valence-corrected chi connectivity index (χ4v) is 1.65. The number of benzene rings is 1. The van der Waals surface area contributed by atoms with Gasteiger partial charge >= 0.3 is 0 Å². The number of halogens is 2. The third-order valence-electron chi connectivity index (χ3n) is 1.75. The molecular formula is C9H7Cl2NO. The molecule has 1 heterocycles. The van der Waals surface area contributed by atoms with Crippen LogP contribution >= 0.6 is 23.2 Å². The Balaban J connectivity index is 2.40. The maximum atomic E-state index is 5.96. The third-order valence-corrected chi connectivity index (χ3v) is 2.29. The Labute approximate surface area is 86.1 Å². The molecule has 0 fully saturated rings. The summed E-state index contributed by atoms with van der Waals surface area (Å²) in [6, 6.07) is 5.27. The minimum Gasteiger partial charge on any atom is -0.475 e. The van der Waals surface area contributed by atoms with Gasteiger partial charge in [0.25, 0.3) is 0 Å². The monoisotopic (exact) mass is 215 g/mol. The Kier molecular flexibility index (Phi) is 2.42. The van der Waals surface area contributed by atoms with Gasteiger partial charge in [0.05, 0.1) is 17.1 Å². The van der Waals surface area contributed by atoms with Crippen LogP contribution in [0.1, 0.15) is 5.56 Å². The van der Waals surface area contributed by atoms with Crippen LogP contribution in [-0.2, 0) is 4.74 Å². The molecule has 1 aromatic rings. The highest BCUT2D eigenvalue weighted by molar-refractivity contribution is 6.36. The molecule has 0 unspecified atom stereocenters. The van der Waals surface area contributed by atoms with Crippen LogP contribution in [0, 0.1) is 0 Å². The van der Waals surface area contributed by atoms with Gasteiger partial charge in [0, 0.05) is 5.02 Å². The second-order valence-electron chi connectivity index (χ2n) is 2.66. The standard InChI is InChI=1S/C9H7Cl2NO/c10-6-1-2-7(8(11)5-6)9-12-3-4-13-9/h1-2,5H,3-4H2. The average molecular weight is 216 g/mol. The van der Waals surface area contributed by atoms with Crippen molar-refractivity contribution in [2.45, 2.75) is 0 Å². The second kappa shape index (κ2) is 3.56. The number of rotatable bonds is 1. The van der Waals surface area contributed by atoms with Gasteiger partial charge in [-0.15, -0.1) is 0 Å². The summed E-state index contributed by atoms with van der Waals surface area (Å²) in [4.78, 5) is 4.16. The Hall–Kier alpha value is -0.730. The van der Waals surface area contributed by atoms with Crippen molar-refractivity contribution in [2.75, 3.05) is 13.2 Å². The molecule has 0 atom stereocenters. The molecular weight excluding hydrogens is 209 g/mol. The summed E-state index contributed by atoms with van der Waals surface area (Å²) in [5.74, 6) is 0.613. The summed E-state index contributed by atoms with van der Waals surface area (Å²) in [5.41, 5.74) is 0.809. The van der Waals surface area contributed by atoms with Crippen LogP contribution in [0.3, 0.4) is 0 Å². The van der Waals surface area contributed by atoms with E-state index in [2.05, 4.69) is 4.99 Å². The molecule has 0 saturated carbocycles. The van der Waals surface area contributed by atoms with E-state index in [0.29, 0.717) is 29.1 Å². The Bertz CT molecular complexity index is 363. The highest BCUT2D eigenvalue weighted by Gasteiger charge is 2.13. The van der Waals surface area contributed by atoms with Crippen molar-refractivity contribution in [1.29, 1.82) is 0 Å². The lowest BCUT2D eigenvalue weighted by Gasteiger charge is -2.03. The highest BCUT2D eigenvalue weighted by atomic mass is 35.5. The van der Waals surface area contributed by atoms with Gasteiger partial charge in [0.2, 0.25) is 5.90 Å². The number of ether oxygens (including phenoxy) is 1. The minimum absolute atomic E-state index is 0.577. The zero-order chi connectivity index (χ0) is 9.26. The van der Waals surface area contributed by atoms with Crippen LogP contribution in [0.4, 0.5) is 0 Å². The predicted molar refractivity (Wildman–Crippen MR) is 53.8 cm³/mol. The van der Waals surface area contributed by atoms with Gasteiger partial charge < -0.3 is 4.74 Å². The molecule has 0 bridgehead atoms. The summed E-state index contributed by atoms with van der Waals surface area (Å²) in [7, 11) is 0. The molecule has 0 saturated heterocycles. The van der Waals surface area contributed by atoms with Gasteiger partial charge in [-0.05, 0) is 18.2 Å². The first-order chi connectivity index (χ1) is 6.27. The molecule has 0 N–H and O–H groups in total. The van der Waals surface area contributed by atoms with Crippen LogP contribution in [0.5, 0.6) is 0 Å². The van der Waals surface area contributed by atoms with E-state index >= 15 is 0 Å². The summed E-state index contributed by atoms with van der Waals surface area (Å²) in [5, 5.41) is 1.19. The van der Waals surface area contributed by atoms with Gasteiger partial charge in [-0.3, -0.25) is 0 Å². The largest absolute Gasteiger partial charge is 0.475 e. The van der Waals surface area contributed by atoms with E-state index in [9.17, 15) is 0 Å². The molecule has 0 spiro atoms. The van der Waals surface area contributed by atoms with E-state index in [0.717, 1.165) is 5.56 Å². The zero-order valence-corrected chi connectivity index (χ0v) is 8.27. The van der Waals surface area contributed by atoms with E-state index < -0.39 is 0 Å². The van der Waals surface area contributed by atoms with Gasteiger partial charge in [-0.1, -0.05) is 23.2 Å². The molecule has 68 valence electrons. The van der Waals surface area contributed by atoms with Gasteiger partial charge in [0.15, 0.2) is 0 Å². The van der Waals surface area contributed by atoms with E-state index in [1.807, 2.05) is 6.07 Å². The zero-order valence-electron chi connectivity index (χ0n) is 6.76. The Morgan fingerprint density at radius 3 is 2.77 bits per heavy atom. The van der Waals surface area contributed by atoms with Crippen LogP contribution < -0.4 is 0 Å². The Morgan fingerprint density at radius 1 is 1.31 bits per heavy atom. The SMILES string of the molecule is Clc1ccc(C2=NCCO2)c(Cl)c1. The van der Waals surface area contributed by atoms with Crippen molar-refractivity contribution in [2.24, 2.45) is 4.99 Å². The fraction of sp³-hybridized carbons (Fsp3) is 0.222. The van der Waals surface area contributed by atoms with Crippen molar-refractivity contribution >= 4 is 29.1 Å². The van der Waals surface area contributed by atoms with Crippen LogP contribution in [0.15, 0.2) is 23.2 Å². The summed E-state index contributed by atoms with van der Waals surface area (Å²) < 4.78 is 5.28. The number of hydrogen-bond acceptors (Lipinski definition) is 2. The van der Waals surface area contributed by atoms with E-state index in [1.54, 1.807) is 12.1 Å². The molecule has 1 aliphatic rings.